The second kappa shape index (κ2) is 7.05. The number of nitrogens with one attached hydrogen (secondary N) is 1. The molecule has 1 aliphatic rings. The molecule has 0 spiro atoms. The standard InChI is InChI=1S/C19H17ClN4OS/c1-12-5-3-4-6-15(12)18-21-22-19-24(18)23-17(26-19)11-16(20)13-7-9-14(25-2)10-8-13/h3-11,17,23H,1-2H3/b16-11-. The van der Waals surface area contributed by atoms with Crippen LogP contribution in [0.1, 0.15) is 11.1 Å². The Morgan fingerprint density at radius 3 is 2.69 bits per heavy atom. The lowest BCUT2D eigenvalue weighted by Crippen LogP contribution is -2.18. The first-order chi connectivity index (χ1) is 12.7. The predicted molar refractivity (Wildman–Crippen MR) is 106 cm³/mol. The molecule has 7 heteroatoms. The van der Waals surface area contributed by atoms with Crippen molar-refractivity contribution in [1.82, 2.24) is 14.9 Å². The maximum atomic E-state index is 6.50. The smallest absolute Gasteiger partial charge is 0.212 e. The van der Waals surface area contributed by atoms with E-state index in [4.69, 9.17) is 16.3 Å². The second-order valence-electron chi connectivity index (χ2n) is 5.87. The number of nitrogens with zero attached hydrogens (tertiary/aromatic N) is 3. The van der Waals surface area contributed by atoms with Crippen molar-refractivity contribution in [3.05, 3.63) is 65.7 Å². The van der Waals surface area contributed by atoms with Crippen LogP contribution in [0.2, 0.25) is 0 Å². The molecule has 2 aromatic carbocycles. The Morgan fingerprint density at radius 2 is 1.96 bits per heavy atom. The number of halogens is 1. The number of benzene rings is 2. The summed E-state index contributed by atoms with van der Waals surface area (Å²) < 4.78 is 7.10. The van der Waals surface area contributed by atoms with Crippen LogP contribution in [0, 0.1) is 6.92 Å². The third kappa shape index (κ3) is 3.18. The molecule has 0 saturated heterocycles. The van der Waals surface area contributed by atoms with E-state index in [9.17, 15) is 0 Å². The van der Waals surface area contributed by atoms with Crippen molar-refractivity contribution in [2.45, 2.75) is 17.5 Å². The molecule has 1 atom stereocenters. The molecule has 0 amide bonds. The van der Waals surface area contributed by atoms with Crippen molar-refractivity contribution in [1.29, 1.82) is 0 Å². The van der Waals surface area contributed by atoms with E-state index in [0.29, 0.717) is 5.03 Å². The van der Waals surface area contributed by atoms with E-state index in [2.05, 4.69) is 28.6 Å². The van der Waals surface area contributed by atoms with E-state index in [-0.39, 0.29) is 5.37 Å². The minimum absolute atomic E-state index is 0.0159. The molecule has 0 bridgehead atoms. The van der Waals surface area contributed by atoms with Crippen LogP contribution in [0.15, 0.2) is 59.8 Å². The molecule has 0 radical (unpaired) electrons. The molecule has 0 saturated carbocycles. The van der Waals surface area contributed by atoms with E-state index in [1.165, 1.54) is 0 Å². The Bertz CT molecular complexity index is 968. The predicted octanol–water partition coefficient (Wildman–Crippen LogP) is 4.52. The lowest BCUT2D eigenvalue weighted by Gasteiger charge is -2.10. The first-order valence-corrected chi connectivity index (χ1v) is 9.38. The van der Waals surface area contributed by atoms with Gasteiger partial charge in [0.15, 0.2) is 5.82 Å². The van der Waals surface area contributed by atoms with E-state index < -0.39 is 0 Å². The molecule has 0 fully saturated rings. The van der Waals surface area contributed by atoms with E-state index >= 15 is 0 Å². The number of fused-ring (bicyclic) bond motifs is 1. The van der Waals surface area contributed by atoms with Gasteiger partial charge in [-0.25, -0.2) is 4.68 Å². The van der Waals surface area contributed by atoms with Crippen LogP contribution in [-0.2, 0) is 0 Å². The van der Waals surface area contributed by atoms with E-state index in [1.807, 2.05) is 53.2 Å². The third-order valence-electron chi connectivity index (χ3n) is 4.17. The molecule has 26 heavy (non-hydrogen) atoms. The van der Waals surface area contributed by atoms with Crippen molar-refractivity contribution >= 4 is 28.4 Å². The van der Waals surface area contributed by atoms with Crippen LogP contribution in [0.5, 0.6) is 5.75 Å². The van der Waals surface area contributed by atoms with Crippen LogP contribution in [0.25, 0.3) is 16.4 Å². The summed E-state index contributed by atoms with van der Waals surface area (Å²) in [6.45, 7) is 2.07. The average Bonchev–Trinajstić information content (AvgIpc) is 3.22. The molecule has 0 aliphatic carbocycles. The number of aromatic nitrogens is 3. The van der Waals surface area contributed by atoms with Gasteiger partial charge in [0.1, 0.15) is 11.1 Å². The zero-order valence-electron chi connectivity index (χ0n) is 14.3. The molecule has 1 aliphatic heterocycles. The summed E-state index contributed by atoms with van der Waals surface area (Å²) in [6.07, 6.45) is 1.98. The molecular weight excluding hydrogens is 368 g/mol. The number of aryl methyl sites for hydroxylation is 1. The van der Waals surface area contributed by atoms with Gasteiger partial charge in [0.2, 0.25) is 5.16 Å². The summed E-state index contributed by atoms with van der Waals surface area (Å²) in [5, 5.41) is 10.1. The Morgan fingerprint density at radius 1 is 1.19 bits per heavy atom. The highest BCUT2D eigenvalue weighted by atomic mass is 35.5. The molecule has 1 aromatic heterocycles. The quantitative estimate of drug-likeness (QED) is 0.716. The largest absolute Gasteiger partial charge is 0.497 e. The molecule has 1 N–H and O–H groups in total. The number of hydrogen-bond acceptors (Lipinski definition) is 5. The second-order valence-corrected chi connectivity index (χ2v) is 7.38. The molecular formula is C19H17ClN4OS. The summed E-state index contributed by atoms with van der Waals surface area (Å²) >= 11 is 8.08. The van der Waals surface area contributed by atoms with Crippen molar-refractivity contribution < 1.29 is 4.74 Å². The van der Waals surface area contributed by atoms with Crippen molar-refractivity contribution in [2.24, 2.45) is 0 Å². The van der Waals surface area contributed by atoms with Crippen molar-refractivity contribution in [3.63, 3.8) is 0 Å². The van der Waals surface area contributed by atoms with Gasteiger partial charge in [-0.2, -0.15) is 0 Å². The molecule has 2 heterocycles. The average molecular weight is 385 g/mol. The zero-order chi connectivity index (χ0) is 18.1. The maximum Gasteiger partial charge on any atom is 0.212 e. The van der Waals surface area contributed by atoms with Crippen molar-refractivity contribution in [3.8, 4) is 17.1 Å². The van der Waals surface area contributed by atoms with Crippen molar-refractivity contribution in [2.75, 3.05) is 12.5 Å². The summed E-state index contributed by atoms with van der Waals surface area (Å²) in [6, 6.07) is 15.8. The van der Waals surface area contributed by atoms with E-state index in [1.54, 1.807) is 18.9 Å². The molecule has 4 rings (SSSR count). The van der Waals surface area contributed by atoms with Gasteiger partial charge in [0, 0.05) is 10.6 Å². The molecule has 3 aromatic rings. The van der Waals surface area contributed by atoms with Crippen LogP contribution >= 0.6 is 23.4 Å². The van der Waals surface area contributed by atoms with Crippen LogP contribution in [-0.4, -0.2) is 27.4 Å². The Hall–Kier alpha value is -2.44. The Labute approximate surface area is 161 Å². The van der Waals surface area contributed by atoms with Gasteiger partial charge in [-0.05, 0) is 48.4 Å². The first-order valence-electron chi connectivity index (χ1n) is 8.12. The number of methoxy groups -OCH3 is 1. The monoisotopic (exact) mass is 384 g/mol. The van der Waals surface area contributed by atoms with Gasteiger partial charge < -0.3 is 10.2 Å². The minimum Gasteiger partial charge on any atom is -0.497 e. The summed E-state index contributed by atoms with van der Waals surface area (Å²) in [7, 11) is 1.65. The lowest BCUT2D eigenvalue weighted by molar-refractivity contribution is 0.415. The fourth-order valence-electron chi connectivity index (χ4n) is 2.78. The van der Waals surface area contributed by atoms with Gasteiger partial charge in [-0.1, -0.05) is 47.6 Å². The fourth-order valence-corrected chi connectivity index (χ4v) is 4.03. The van der Waals surface area contributed by atoms with Gasteiger partial charge in [0.05, 0.1) is 7.11 Å². The Balaban J connectivity index is 1.56. The molecule has 132 valence electrons. The first kappa shape index (κ1) is 17.0. The summed E-state index contributed by atoms with van der Waals surface area (Å²) in [4.78, 5) is 0. The van der Waals surface area contributed by atoms with E-state index in [0.717, 1.165) is 33.4 Å². The number of ether oxygens (including phenoxy) is 1. The van der Waals surface area contributed by atoms with Gasteiger partial charge in [0.25, 0.3) is 0 Å². The summed E-state index contributed by atoms with van der Waals surface area (Å²) in [5.74, 6) is 1.61. The van der Waals surface area contributed by atoms with Crippen LogP contribution in [0.3, 0.4) is 0 Å². The fraction of sp³-hybridized carbons (Fsp3) is 0.158. The lowest BCUT2D eigenvalue weighted by atomic mass is 10.1. The SMILES string of the molecule is COc1ccc(/C(Cl)=C/C2Nn3c(nnc3-c3ccccc3C)S2)cc1. The number of thioether (sulfide) groups is 1. The number of hydrogen-bond donors (Lipinski definition) is 1. The number of rotatable bonds is 4. The third-order valence-corrected chi connectivity index (χ3v) is 5.49. The van der Waals surface area contributed by atoms with Crippen LogP contribution in [0.4, 0.5) is 0 Å². The summed E-state index contributed by atoms with van der Waals surface area (Å²) in [5.41, 5.74) is 6.56. The highest BCUT2D eigenvalue weighted by Crippen LogP contribution is 2.34. The topological polar surface area (TPSA) is 52.0 Å². The van der Waals surface area contributed by atoms with Gasteiger partial charge in [-0.15, -0.1) is 10.2 Å². The maximum absolute atomic E-state index is 6.50. The zero-order valence-corrected chi connectivity index (χ0v) is 15.9. The van der Waals surface area contributed by atoms with Gasteiger partial charge in [-0.3, -0.25) is 0 Å². The normalized spacial score (nSPS) is 16.3. The molecule has 5 nitrogen and oxygen atoms in total. The Kier molecular flexibility index (Phi) is 4.61. The highest BCUT2D eigenvalue weighted by Gasteiger charge is 2.26. The van der Waals surface area contributed by atoms with Crippen LogP contribution < -0.4 is 10.2 Å². The highest BCUT2D eigenvalue weighted by molar-refractivity contribution is 8.00. The minimum atomic E-state index is -0.0159. The van der Waals surface area contributed by atoms with Gasteiger partial charge >= 0.3 is 0 Å². The molecule has 1 unspecified atom stereocenters.